The molecule has 0 fully saturated rings. The molecule has 0 aliphatic rings. The summed E-state index contributed by atoms with van der Waals surface area (Å²) in [7, 11) is 1.48. The lowest BCUT2D eigenvalue weighted by Gasteiger charge is -2.07. The molecule has 0 radical (unpaired) electrons. The molecule has 5 heteroatoms. The van der Waals surface area contributed by atoms with Crippen molar-refractivity contribution in [1.29, 1.82) is 0 Å². The van der Waals surface area contributed by atoms with E-state index in [0.29, 0.717) is 6.01 Å². The highest BCUT2D eigenvalue weighted by molar-refractivity contribution is 4.91. The minimum absolute atomic E-state index is 0.153. The van der Waals surface area contributed by atoms with Gasteiger partial charge in [0.1, 0.15) is 0 Å². The molecular weight excluding hydrogens is 146 g/mol. The summed E-state index contributed by atoms with van der Waals surface area (Å²) in [5.74, 6) is 0. The second-order valence-electron chi connectivity index (χ2n) is 2.48. The van der Waals surface area contributed by atoms with E-state index in [9.17, 15) is 4.79 Å². The summed E-state index contributed by atoms with van der Waals surface area (Å²) in [5.41, 5.74) is -0.379. The van der Waals surface area contributed by atoms with E-state index >= 15 is 0 Å². The summed E-state index contributed by atoms with van der Waals surface area (Å²) in [6.45, 7) is 3.86. The quantitative estimate of drug-likeness (QED) is 0.665. The van der Waals surface area contributed by atoms with Crippen molar-refractivity contribution in [2.45, 2.75) is 19.9 Å². The number of ether oxygens (including phenoxy) is 1. The molecule has 5 nitrogen and oxygen atoms in total. The lowest BCUT2D eigenvalue weighted by atomic mass is 10.4. The average Bonchev–Trinajstić information content (AvgIpc) is 2.30. The summed E-state index contributed by atoms with van der Waals surface area (Å²) in [4.78, 5) is 14.3. The fourth-order valence-corrected chi connectivity index (χ4v) is 0.811. The zero-order valence-corrected chi connectivity index (χ0v) is 6.79. The molecule has 0 spiro atoms. The van der Waals surface area contributed by atoms with Gasteiger partial charge in [0.25, 0.3) is 0 Å². The Bertz CT molecular complexity index is 286. The lowest BCUT2D eigenvalue weighted by molar-refractivity contribution is 0.333. The van der Waals surface area contributed by atoms with Gasteiger partial charge in [-0.2, -0.15) is 0 Å². The van der Waals surface area contributed by atoms with E-state index in [1.54, 1.807) is 4.68 Å². The molecule has 0 aliphatic carbocycles. The molecule has 0 saturated heterocycles. The van der Waals surface area contributed by atoms with E-state index in [2.05, 4.69) is 10.1 Å². The second-order valence-corrected chi connectivity index (χ2v) is 2.48. The summed E-state index contributed by atoms with van der Waals surface area (Å²) in [6.07, 6.45) is 0. The van der Waals surface area contributed by atoms with Crippen LogP contribution in [-0.2, 0) is 0 Å². The largest absolute Gasteiger partial charge is 0.467 e. The van der Waals surface area contributed by atoms with Crippen molar-refractivity contribution in [2.75, 3.05) is 7.11 Å². The molecule has 1 aromatic rings. The minimum Gasteiger partial charge on any atom is -0.467 e. The van der Waals surface area contributed by atoms with Crippen molar-refractivity contribution < 1.29 is 4.74 Å². The van der Waals surface area contributed by atoms with Crippen LogP contribution in [0.2, 0.25) is 0 Å². The molecule has 1 heterocycles. The van der Waals surface area contributed by atoms with E-state index < -0.39 is 0 Å². The molecule has 0 atom stereocenters. The Morgan fingerprint density at radius 1 is 1.64 bits per heavy atom. The number of methoxy groups -OCH3 is 1. The van der Waals surface area contributed by atoms with Crippen molar-refractivity contribution in [3.8, 4) is 6.01 Å². The molecule has 0 aromatic carbocycles. The molecular formula is C6H11N3O2. The third kappa shape index (κ3) is 1.42. The summed E-state index contributed by atoms with van der Waals surface area (Å²) in [5, 5.41) is 2.52. The van der Waals surface area contributed by atoms with Crippen LogP contribution < -0.4 is 10.4 Å². The Kier molecular flexibility index (Phi) is 1.98. The first kappa shape index (κ1) is 7.84. The van der Waals surface area contributed by atoms with Gasteiger partial charge in [-0.3, -0.25) is 0 Å². The number of nitrogens with one attached hydrogen (secondary N) is 1. The fraction of sp³-hybridized carbons (Fsp3) is 0.667. The van der Waals surface area contributed by atoms with Gasteiger partial charge in [-0.05, 0) is 13.8 Å². The van der Waals surface area contributed by atoms with E-state index in [1.165, 1.54) is 7.11 Å². The van der Waals surface area contributed by atoms with Gasteiger partial charge < -0.3 is 4.74 Å². The number of aromatic amines is 1. The van der Waals surface area contributed by atoms with E-state index in [4.69, 9.17) is 4.74 Å². The van der Waals surface area contributed by atoms with Crippen LogP contribution in [0.5, 0.6) is 6.01 Å². The lowest BCUT2D eigenvalue weighted by Crippen LogP contribution is -2.08. The average molecular weight is 157 g/mol. The summed E-state index contributed by atoms with van der Waals surface area (Å²) >= 11 is 0. The Balaban J connectivity index is 3.12. The molecule has 0 amide bonds. The molecule has 0 aliphatic heterocycles. The maximum Gasteiger partial charge on any atom is 0.364 e. The molecule has 62 valence electrons. The maximum absolute atomic E-state index is 10.7. The fourth-order valence-electron chi connectivity index (χ4n) is 0.811. The minimum atomic E-state index is -0.379. The molecule has 1 N–H and O–H groups in total. The van der Waals surface area contributed by atoms with Crippen molar-refractivity contribution in [3.63, 3.8) is 0 Å². The number of hydrogen-bond acceptors (Lipinski definition) is 3. The van der Waals surface area contributed by atoms with Gasteiger partial charge in [0.15, 0.2) is 0 Å². The van der Waals surface area contributed by atoms with Crippen LogP contribution in [0.3, 0.4) is 0 Å². The first-order valence-corrected chi connectivity index (χ1v) is 3.37. The van der Waals surface area contributed by atoms with Gasteiger partial charge in [0, 0.05) is 6.04 Å². The van der Waals surface area contributed by atoms with Gasteiger partial charge in [-0.25, -0.2) is 14.6 Å². The Morgan fingerprint density at radius 3 is 2.64 bits per heavy atom. The van der Waals surface area contributed by atoms with Crippen LogP contribution in [0.15, 0.2) is 4.79 Å². The predicted molar refractivity (Wildman–Crippen MR) is 39.8 cm³/mol. The highest BCUT2D eigenvalue weighted by atomic mass is 16.5. The topological polar surface area (TPSA) is 59.9 Å². The zero-order valence-electron chi connectivity index (χ0n) is 6.79. The van der Waals surface area contributed by atoms with Crippen LogP contribution in [0.1, 0.15) is 19.9 Å². The number of rotatable bonds is 2. The van der Waals surface area contributed by atoms with Crippen LogP contribution in [-0.4, -0.2) is 21.9 Å². The van der Waals surface area contributed by atoms with Gasteiger partial charge in [0.05, 0.1) is 7.11 Å². The van der Waals surface area contributed by atoms with E-state index in [1.807, 2.05) is 13.8 Å². The smallest absolute Gasteiger partial charge is 0.364 e. The predicted octanol–water partition coefficient (Wildman–Crippen LogP) is 0.161. The van der Waals surface area contributed by atoms with E-state index in [0.717, 1.165) is 0 Å². The number of aromatic nitrogens is 3. The van der Waals surface area contributed by atoms with Crippen LogP contribution in [0.4, 0.5) is 0 Å². The molecule has 11 heavy (non-hydrogen) atoms. The number of H-pyrrole nitrogens is 1. The maximum atomic E-state index is 10.7. The third-order valence-electron chi connectivity index (χ3n) is 1.32. The van der Waals surface area contributed by atoms with Crippen molar-refractivity contribution in [3.05, 3.63) is 10.5 Å². The highest BCUT2D eigenvalue weighted by Gasteiger charge is 2.07. The van der Waals surface area contributed by atoms with Gasteiger partial charge >= 0.3 is 11.7 Å². The van der Waals surface area contributed by atoms with E-state index in [-0.39, 0.29) is 11.7 Å². The number of hydrogen-bond donors (Lipinski definition) is 1. The Labute approximate surface area is 64.0 Å². The van der Waals surface area contributed by atoms with Gasteiger partial charge in [-0.1, -0.05) is 0 Å². The molecule has 0 saturated carbocycles. The van der Waals surface area contributed by atoms with Crippen LogP contribution in [0.25, 0.3) is 0 Å². The zero-order chi connectivity index (χ0) is 8.43. The standard InChI is InChI=1S/C6H11N3O2/c1-4(2)9-6(11-3)7-5(10)8-9/h4H,1-3H3,(H,8,10). The third-order valence-corrected chi connectivity index (χ3v) is 1.32. The van der Waals surface area contributed by atoms with Crippen LogP contribution >= 0.6 is 0 Å². The SMILES string of the molecule is COc1nc(=O)[nH]n1C(C)C. The molecule has 1 rings (SSSR count). The Morgan fingerprint density at radius 2 is 2.27 bits per heavy atom. The monoisotopic (exact) mass is 157 g/mol. The van der Waals surface area contributed by atoms with Crippen LogP contribution in [0, 0.1) is 0 Å². The first-order chi connectivity index (χ1) is 5.15. The summed E-state index contributed by atoms with van der Waals surface area (Å²) < 4.78 is 6.42. The van der Waals surface area contributed by atoms with Gasteiger partial charge in [-0.15, -0.1) is 4.98 Å². The summed E-state index contributed by atoms with van der Waals surface area (Å²) in [6, 6.07) is 0.477. The first-order valence-electron chi connectivity index (χ1n) is 3.37. The Hall–Kier alpha value is -1.26. The van der Waals surface area contributed by atoms with Crippen molar-refractivity contribution in [1.82, 2.24) is 14.8 Å². The molecule has 0 unspecified atom stereocenters. The normalized spacial score (nSPS) is 10.5. The van der Waals surface area contributed by atoms with Crippen molar-refractivity contribution in [2.24, 2.45) is 0 Å². The van der Waals surface area contributed by atoms with Gasteiger partial charge in [0.2, 0.25) is 0 Å². The molecule has 0 bridgehead atoms. The number of nitrogens with zero attached hydrogens (tertiary/aromatic N) is 2. The molecule has 1 aromatic heterocycles. The highest BCUT2D eigenvalue weighted by Crippen LogP contribution is 2.08. The van der Waals surface area contributed by atoms with Crippen molar-refractivity contribution >= 4 is 0 Å². The second kappa shape index (κ2) is 2.77.